The van der Waals surface area contributed by atoms with Gasteiger partial charge in [0.05, 0.1) is 6.04 Å². The molecule has 3 aromatic rings. The van der Waals surface area contributed by atoms with Gasteiger partial charge < -0.3 is 10.2 Å². The number of amides is 2. The molecule has 1 fully saturated rings. The van der Waals surface area contributed by atoms with E-state index in [0.29, 0.717) is 24.5 Å². The van der Waals surface area contributed by atoms with Crippen molar-refractivity contribution in [2.45, 2.75) is 37.9 Å². The Bertz CT molecular complexity index is 986. The highest BCUT2D eigenvalue weighted by atomic mass is 35.5. The van der Waals surface area contributed by atoms with E-state index >= 15 is 0 Å². The lowest BCUT2D eigenvalue weighted by atomic mass is 9.98. The highest BCUT2D eigenvalue weighted by molar-refractivity contribution is 6.29. The lowest BCUT2D eigenvalue weighted by molar-refractivity contribution is -0.130. The zero-order chi connectivity index (χ0) is 21.6. The number of hydrogen-bond acceptors (Lipinski definition) is 3. The van der Waals surface area contributed by atoms with Crippen molar-refractivity contribution in [2.75, 3.05) is 0 Å². The molecule has 6 heteroatoms. The van der Waals surface area contributed by atoms with Gasteiger partial charge in [-0.05, 0) is 29.2 Å². The highest BCUT2D eigenvalue weighted by Gasteiger charge is 2.33. The topological polar surface area (TPSA) is 62.3 Å². The molecule has 4 rings (SSSR count). The standard InChI is InChI=1S/C25H24ClN3O2/c26-22-13-11-18(16-27-22)17-29-21(12-14-24(29)31)15-23(30)28-25(19-7-3-1-4-8-19)20-9-5-2-6-10-20/h1-11,13,16,21,25H,12,14-15,17H2,(H,28,30). The van der Waals surface area contributed by atoms with Gasteiger partial charge in [-0.15, -0.1) is 0 Å². The molecule has 1 saturated heterocycles. The van der Waals surface area contributed by atoms with Gasteiger partial charge in [0.15, 0.2) is 0 Å². The Balaban J connectivity index is 1.46. The van der Waals surface area contributed by atoms with E-state index in [9.17, 15) is 9.59 Å². The first-order valence-corrected chi connectivity index (χ1v) is 10.8. The molecule has 1 aliphatic rings. The van der Waals surface area contributed by atoms with E-state index in [4.69, 9.17) is 11.6 Å². The molecule has 2 amide bonds. The van der Waals surface area contributed by atoms with Gasteiger partial charge in [-0.3, -0.25) is 9.59 Å². The van der Waals surface area contributed by atoms with E-state index in [1.807, 2.05) is 66.7 Å². The maximum Gasteiger partial charge on any atom is 0.223 e. The van der Waals surface area contributed by atoms with Gasteiger partial charge in [0.1, 0.15) is 5.15 Å². The van der Waals surface area contributed by atoms with Gasteiger partial charge in [-0.2, -0.15) is 0 Å². The van der Waals surface area contributed by atoms with Gasteiger partial charge in [0.25, 0.3) is 0 Å². The summed E-state index contributed by atoms with van der Waals surface area (Å²) < 4.78 is 0. The van der Waals surface area contributed by atoms with Crippen LogP contribution in [-0.2, 0) is 16.1 Å². The fourth-order valence-electron chi connectivity index (χ4n) is 4.00. The average molecular weight is 434 g/mol. The van der Waals surface area contributed by atoms with E-state index in [1.165, 1.54) is 0 Å². The second-order valence-corrected chi connectivity index (χ2v) is 8.12. The number of likely N-dealkylation sites (tertiary alicyclic amines) is 1. The van der Waals surface area contributed by atoms with Crippen molar-refractivity contribution in [2.24, 2.45) is 0 Å². The van der Waals surface area contributed by atoms with Crippen molar-refractivity contribution < 1.29 is 9.59 Å². The van der Waals surface area contributed by atoms with Gasteiger partial charge in [0.2, 0.25) is 11.8 Å². The van der Waals surface area contributed by atoms with Crippen LogP contribution in [0.25, 0.3) is 0 Å². The van der Waals surface area contributed by atoms with Crippen molar-refractivity contribution in [3.05, 3.63) is 101 Å². The fraction of sp³-hybridized carbons (Fsp3) is 0.240. The van der Waals surface area contributed by atoms with Gasteiger partial charge >= 0.3 is 0 Å². The molecular formula is C25H24ClN3O2. The summed E-state index contributed by atoms with van der Waals surface area (Å²) in [6, 6.07) is 23.0. The first-order valence-electron chi connectivity index (χ1n) is 10.4. The third-order valence-corrected chi connectivity index (χ3v) is 5.81. The van der Waals surface area contributed by atoms with Crippen LogP contribution < -0.4 is 5.32 Å². The maximum absolute atomic E-state index is 13.0. The second-order valence-electron chi connectivity index (χ2n) is 7.73. The number of pyridine rings is 1. The molecule has 1 aromatic heterocycles. The van der Waals surface area contributed by atoms with Crippen LogP contribution in [0, 0.1) is 0 Å². The molecule has 1 N–H and O–H groups in total. The van der Waals surface area contributed by atoms with Gasteiger partial charge in [-0.1, -0.05) is 78.3 Å². The first kappa shape index (κ1) is 21.1. The van der Waals surface area contributed by atoms with Crippen LogP contribution in [0.5, 0.6) is 0 Å². The largest absolute Gasteiger partial charge is 0.345 e. The lowest BCUT2D eigenvalue weighted by Crippen LogP contribution is -2.38. The monoisotopic (exact) mass is 433 g/mol. The Morgan fingerprint density at radius 3 is 2.26 bits per heavy atom. The summed E-state index contributed by atoms with van der Waals surface area (Å²) in [5.41, 5.74) is 2.94. The van der Waals surface area contributed by atoms with Crippen molar-refractivity contribution >= 4 is 23.4 Å². The predicted octanol–water partition coefficient (Wildman–Crippen LogP) is 4.52. The van der Waals surface area contributed by atoms with Crippen LogP contribution in [-0.4, -0.2) is 27.7 Å². The van der Waals surface area contributed by atoms with E-state index in [-0.39, 0.29) is 30.3 Å². The number of rotatable bonds is 7. The Morgan fingerprint density at radius 2 is 1.68 bits per heavy atom. The highest BCUT2D eigenvalue weighted by Crippen LogP contribution is 2.26. The summed E-state index contributed by atoms with van der Waals surface area (Å²) in [5.74, 6) is -0.00736. The normalized spacial score (nSPS) is 16.0. The molecule has 0 bridgehead atoms. The molecular weight excluding hydrogens is 410 g/mol. The third-order valence-electron chi connectivity index (χ3n) is 5.59. The Morgan fingerprint density at radius 1 is 1.03 bits per heavy atom. The lowest BCUT2D eigenvalue weighted by Gasteiger charge is -2.26. The van der Waals surface area contributed by atoms with Crippen LogP contribution in [0.15, 0.2) is 79.0 Å². The molecule has 0 radical (unpaired) electrons. The fourth-order valence-corrected chi connectivity index (χ4v) is 4.12. The SMILES string of the molecule is O=C(CC1CCC(=O)N1Cc1ccc(Cl)nc1)NC(c1ccccc1)c1ccccc1. The summed E-state index contributed by atoms with van der Waals surface area (Å²) in [6.45, 7) is 0.432. The minimum Gasteiger partial charge on any atom is -0.345 e. The minimum atomic E-state index is -0.235. The molecule has 158 valence electrons. The average Bonchev–Trinajstić information content (AvgIpc) is 3.13. The van der Waals surface area contributed by atoms with Gasteiger partial charge in [0, 0.05) is 31.6 Å². The van der Waals surface area contributed by atoms with E-state index < -0.39 is 0 Å². The van der Waals surface area contributed by atoms with E-state index in [1.54, 1.807) is 17.2 Å². The molecule has 5 nitrogen and oxygen atoms in total. The van der Waals surface area contributed by atoms with Crippen molar-refractivity contribution in [3.8, 4) is 0 Å². The number of nitrogens with one attached hydrogen (secondary N) is 1. The smallest absolute Gasteiger partial charge is 0.223 e. The first-order chi connectivity index (χ1) is 15.1. The summed E-state index contributed by atoms with van der Waals surface area (Å²) in [7, 11) is 0. The van der Waals surface area contributed by atoms with Crippen LogP contribution in [0.3, 0.4) is 0 Å². The van der Waals surface area contributed by atoms with Crippen molar-refractivity contribution in [1.29, 1.82) is 0 Å². The predicted molar refractivity (Wildman–Crippen MR) is 120 cm³/mol. The molecule has 1 atom stereocenters. The molecule has 1 aliphatic heterocycles. The Hall–Kier alpha value is -3.18. The number of benzene rings is 2. The van der Waals surface area contributed by atoms with Crippen molar-refractivity contribution in [3.63, 3.8) is 0 Å². The third kappa shape index (κ3) is 5.30. The molecule has 1 unspecified atom stereocenters. The van der Waals surface area contributed by atoms with Crippen molar-refractivity contribution in [1.82, 2.24) is 15.2 Å². The quantitative estimate of drug-likeness (QED) is 0.557. The number of carbonyl (C=O) groups is 2. The number of nitrogens with zero attached hydrogens (tertiary/aromatic N) is 2. The zero-order valence-corrected chi connectivity index (χ0v) is 17.8. The molecule has 2 aromatic carbocycles. The van der Waals surface area contributed by atoms with E-state index in [0.717, 1.165) is 16.7 Å². The Kier molecular flexibility index (Phi) is 6.63. The molecule has 2 heterocycles. The van der Waals surface area contributed by atoms with Gasteiger partial charge in [-0.25, -0.2) is 4.98 Å². The zero-order valence-electron chi connectivity index (χ0n) is 17.1. The van der Waals surface area contributed by atoms with Crippen LogP contribution >= 0.6 is 11.6 Å². The minimum absolute atomic E-state index is 0.0652. The summed E-state index contributed by atoms with van der Waals surface area (Å²) in [5, 5.41) is 3.59. The number of hydrogen-bond donors (Lipinski definition) is 1. The molecule has 0 saturated carbocycles. The maximum atomic E-state index is 13.0. The number of aromatic nitrogens is 1. The number of halogens is 1. The summed E-state index contributed by atoms with van der Waals surface area (Å²) in [4.78, 5) is 31.3. The number of carbonyl (C=O) groups excluding carboxylic acids is 2. The molecule has 31 heavy (non-hydrogen) atoms. The van der Waals surface area contributed by atoms with Crippen LogP contribution in [0.2, 0.25) is 5.15 Å². The summed E-state index contributed by atoms with van der Waals surface area (Å²) >= 11 is 5.86. The molecule has 0 spiro atoms. The van der Waals surface area contributed by atoms with Crippen LogP contribution in [0.4, 0.5) is 0 Å². The summed E-state index contributed by atoms with van der Waals surface area (Å²) in [6.07, 6.45) is 3.07. The second kappa shape index (κ2) is 9.75. The van der Waals surface area contributed by atoms with E-state index in [2.05, 4.69) is 10.3 Å². The molecule has 0 aliphatic carbocycles. The van der Waals surface area contributed by atoms with Crippen LogP contribution in [0.1, 0.15) is 42.0 Å². The Labute approximate surface area is 187 Å².